The Morgan fingerprint density at radius 1 is 1.28 bits per heavy atom. The topological polar surface area (TPSA) is 57.7 Å². The van der Waals surface area contributed by atoms with Gasteiger partial charge in [0.2, 0.25) is 5.91 Å². The minimum absolute atomic E-state index is 0.0826. The molecule has 1 atom stereocenters. The molecule has 1 aromatic heterocycles. The summed E-state index contributed by atoms with van der Waals surface area (Å²) in [5.41, 5.74) is 1.80. The van der Waals surface area contributed by atoms with E-state index in [2.05, 4.69) is 21.2 Å². The Labute approximate surface area is 171 Å². The van der Waals surface area contributed by atoms with Gasteiger partial charge >= 0.3 is 0 Å². The predicted molar refractivity (Wildman–Crippen MR) is 112 cm³/mol. The second-order valence-corrected chi connectivity index (χ2v) is 8.11. The molecule has 29 heavy (non-hydrogen) atoms. The zero-order valence-electron chi connectivity index (χ0n) is 17.0. The predicted octanol–water partition coefficient (Wildman–Crippen LogP) is 2.35. The van der Waals surface area contributed by atoms with Crippen molar-refractivity contribution in [3.63, 3.8) is 0 Å². The van der Waals surface area contributed by atoms with E-state index in [1.54, 1.807) is 6.07 Å². The van der Waals surface area contributed by atoms with Crippen molar-refractivity contribution in [2.75, 3.05) is 57.4 Å². The van der Waals surface area contributed by atoms with Crippen LogP contribution >= 0.6 is 0 Å². The molecule has 1 N–H and O–H groups in total. The lowest BCUT2D eigenvalue weighted by Gasteiger charge is -2.34. The number of carbonyl (C=O) groups excluding carboxylic acids is 1. The fourth-order valence-electron chi connectivity index (χ4n) is 4.24. The van der Waals surface area contributed by atoms with Gasteiger partial charge in [-0.3, -0.25) is 9.69 Å². The maximum absolute atomic E-state index is 13.6. The van der Waals surface area contributed by atoms with E-state index >= 15 is 0 Å². The second-order valence-electron chi connectivity index (χ2n) is 8.11. The smallest absolute Gasteiger partial charge is 0.234 e. The molecule has 3 heterocycles. The average molecular weight is 400 g/mol. The molecule has 2 aliphatic heterocycles. The Kier molecular flexibility index (Phi) is 6.25. The number of morpholine rings is 1. The normalized spacial score (nSPS) is 20.8. The number of amides is 1. The number of aryl methyl sites for hydroxylation is 1. The van der Waals surface area contributed by atoms with Gasteiger partial charge in [0.25, 0.3) is 0 Å². The quantitative estimate of drug-likeness (QED) is 0.835. The summed E-state index contributed by atoms with van der Waals surface area (Å²) in [7, 11) is 0. The molecule has 0 saturated carbocycles. The summed E-state index contributed by atoms with van der Waals surface area (Å²) >= 11 is 0. The number of hydrogen-bond donors (Lipinski definition) is 1. The first kappa shape index (κ1) is 20.0. The van der Waals surface area contributed by atoms with Crippen LogP contribution in [0.15, 0.2) is 24.3 Å². The molecule has 0 radical (unpaired) electrons. The van der Waals surface area contributed by atoms with E-state index in [-0.39, 0.29) is 11.7 Å². The number of nitrogens with one attached hydrogen (secondary N) is 1. The van der Waals surface area contributed by atoms with Crippen molar-refractivity contribution in [3.05, 3.63) is 35.6 Å². The molecule has 1 amide bonds. The molecular formula is C22H29FN4O2. The van der Waals surface area contributed by atoms with Crippen LogP contribution in [0.2, 0.25) is 0 Å². The zero-order chi connectivity index (χ0) is 20.2. The van der Waals surface area contributed by atoms with Crippen molar-refractivity contribution in [1.82, 2.24) is 15.2 Å². The SMILES string of the molecule is Cc1cc(N2CCC[C@H](CNC(=O)CN3CCOCC3)C2)nc2cc(F)ccc12. The van der Waals surface area contributed by atoms with Crippen LogP contribution in [-0.2, 0) is 9.53 Å². The minimum atomic E-state index is -0.263. The highest BCUT2D eigenvalue weighted by atomic mass is 19.1. The van der Waals surface area contributed by atoms with Gasteiger partial charge in [-0.1, -0.05) is 0 Å². The monoisotopic (exact) mass is 400 g/mol. The van der Waals surface area contributed by atoms with Crippen molar-refractivity contribution in [2.45, 2.75) is 19.8 Å². The second kappa shape index (κ2) is 9.05. The van der Waals surface area contributed by atoms with Crippen LogP contribution in [0.25, 0.3) is 10.9 Å². The van der Waals surface area contributed by atoms with Crippen LogP contribution < -0.4 is 10.2 Å². The first-order chi connectivity index (χ1) is 14.1. The highest BCUT2D eigenvalue weighted by Gasteiger charge is 2.23. The number of aromatic nitrogens is 1. The van der Waals surface area contributed by atoms with E-state index < -0.39 is 0 Å². The van der Waals surface area contributed by atoms with Crippen molar-refractivity contribution >= 4 is 22.6 Å². The standard InChI is InChI=1S/C22H29FN4O2/c1-16-11-21(25-20-12-18(23)4-5-19(16)20)27-6-2-3-17(14-27)13-24-22(28)15-26-7-9-29-10-8-26/h4-5,11-12,17H,2-3,6-10,13-15H2,1H3,(H,24,28)/t17-/m1/s1. The summed E-state index contributed by atoms with van der Waals surface area (Å²) < 4.78 is 19.0. The molecule has 156 valence electrons. The molecule has 2 aromatic rings. The van der Waals surface area contributed by atoms with Crippen LogP contribution in [0.4, 0.5) is 10.2 Å². The maximum atomic E-state index is 13.6. The third-order valence-corrected chi connectivity index (χ3v) is 5.87. The van der Waals surface area contributed by atoms with Crippen LogP contribution in [0, 0.1) is 18.7 Å². The van der Waals surface area contributed by atoms with E-state index in [1.807, 2.05) is 6.92 Å². The fraction of sp³-hybridized carbons (Fsp3) is 0.545. The lowest BCUT2D eigenvalue weighted by molar-refractivity contribution is -0.123. The number of anilines is 1. The van der Waals surface area contributed by atoms with Gasteiger partial charge in [-0.05, 0) is 49.4 Å². The molecule has 7 heteroatoms. The number of hydrogen-bond acceptors (Lipinski definition) is 5. The number of piperidine rings is 1. The summed E-state index contributed by atoms with van der Waals surface area (Å²) in [5.74, 6) is 1.10. The van der Waals surface area contributed by atoms with E-state index in [0.717, 1.165) is 55.8 Å². The van der Waals surface area contributed by atoms with Gasteiger partial charge in [-0.15, -0.1) is 0 Å². The third kappa shape index (κ3) is 5.03. The van der Waals surface area contributed by atoms with Gasteiger partial charge in [0.15, 0.2) is 0 Å². The van der Waals surface area contributed by atoms with Gasteiger partial charge in [0, 0.05) is 44.2 Å². The molecular weight excluding hydrogens is 371 g/mol. The van der Waals surface area contributed by atoms with Crippen molar-refractivity contribution in [2.24, 2.45) is 5.92 Å². The molecule has 0 unspecified atom stereocenters. The molecule has 2 saturated heterocycles. The molecule has 4 rings (SSSR count). The summed E-state index contributed by atoms with van der Waals surface area (Å²) in [6, 6.07) is 6.85. The van der Waals surface area contributed by atoms with Crippen molar-refractivity contribution < 1.29 is 13.9 Å². The Balaban J connectivity index is 1.35. The Morgan fingerprint density at radius 3 is 2.93 bits per heavy atom. The molecule has 0 spiro atoms. The number of rotatable bonds is 5. The number of nitrogens with zero attached hydrogens (tertiary/aromatic N) is 3. The number of benzene rings is 1. The molecule has 0 aliphatic carbocycles. The number of ether oxygens (including phenoxy) is 1. The molecule has 6 nitrogen and oxygen atoms in total. The van der Waals surface area contributed by atoms with Gasteiger partial charge < -0.3 is 15.0 Å². The Bertz CT molecular complexity index is 869. The maximum Gasteiger partial charge on any atom is 0.234 e. The van der Waals surface area contributed by atoms with Gasteiger partial charge in [0.05, 0.1) is 25.3 Å². The fourth-order valence-corrected chi connectivity index (χ4v) is 4.24. The number of pyridine rings is 1. The van der Waals surface area contributed by atoms with Crippen LogP contribution in [0.5, 0.6) is 0 Å². The third-order valence-electron chi connectivity index (χ3n) is 5.87. The summed E-state index contributed by atoms with van der Waals surface area (Å²) in [6.45, 7) is 7.99. The van der Waals surface area contributed by atoms with Crippen LogP contribution in [-0.4, -0.2) is 68.3 Å². The van der Waals surface area contributed by atoms with Crippen molar-refractivity contribution in [3.8, 4) is 0 Å². The van der Waals surface area contributed by atoms with E-state index in [0.29, 0.717) is 37.7 Å². The molecule has 2 fully saturated rings. The van der Waals surface area contributed by atoms with E-state index in [1.165, 1.54) is 12.1 Å². The largest absolute Gasteiger partial charge is 0.379 e. The van der Waals surface area contributed by atoms with Crippen LogP contribution in [0.1, 0.15) is 18.4 Å². The number of carbonyl (C=O) groups is 1. The molecule has 0 bridgehead atoms. The molecule has 1 aromatic carbocycles. The van der Waals surface area contributed by atoms with E-state index in [9.17, 15) is 9.18 Å². The number of fused-ring (bicyclic) bond motifs is 1. The Hall–Kier alpha value is -2.25. The van der Waals surface area contributed by atoms with Gasteiger partial charge in [0.1, 0.15) is 11.6 Å². The Morgan fingerprint density at radius 2 is 2.10 bits per heavy atom. The van der Waals surface area contributed by atoms with Gasteiger partial charge in [-0.25, -0.2) is 9.37 Å². The summed E-state index contributed by atoms with van der Waals surface area (Å²) in [5, 5.41) is 4.09. The highest BCUT2D eigenvalue weighted by molar-refractivity contribution is 5.84. The highest BCUT2D eigenvalue weighted by Crippen LogP contribution is 2.26. The first-order valence-electron chi connectivity index (χ1n) is 10.5. The van der Waals surface area contributed by atoms with E-state index in [4.69, 9.17) is 9.72 Å². The lowest BCUT2D eigenvalue weighted by Crippen LogP contribution is -2.46. The van der Waals surface area contributed by atoms with Crippen LogP contribution in [0.3, 0.4) is 0 Å². The average Bonchev–Trinajstić information content (AvgIpc) is 2.73. The lowest BCUT2D eigenvalue weighted by atomic mass is 9.97. The summed E-state index contributed by atoms with van der Waals surface area (Å²) in [6.07, 6.45) is 2.15. The summed E-state index contributed by atoms with van der Waals surface area (Å²) in [4.78, 5) is 21.4. The molecule has 2 aliphatic rings. The zero-order valence-corrected chi connectivity index (χ0v) is 17.0. The first-order valence-corrected chi connectivity index (χ1v) is 10.5. The minimum Gasteiger partial charge on any atom is -0.379 e. The number of halogens is 1. The van der Waals surface area contributed by atoms with Gasteiger partial charge in [-0.2, -0.15) is 0 Å². The van der Waals surface area contributed by atoms with Crippen molar-refractivity contribution in [1.29, 1.82) is 0 Å².